The van der Waals surface area contributed by atoms with E-state index in [9.17, 15) is 24.3 Å². The van der Waals surface area contributed by atoms with Gasteiger partial charge in [-0.1, -0.05) is 142 Å². The van der Waals surface area contributed by atoms with E-state index in [1.807, 2.05) is 0 Å². The van der Waals surface area contributed by atoms with Crippen LogP contribution < -0.4 is 0 Å². The average molecular weight is 757 g/mol. The molecule has 53 heavy (non-hydrogen) atoms. The molecule has 0 heterocycles. The van der Waals surface area contributed by atoms with E-state index >= 15 is 0 Å². The van der Waals surface area contributed by atoms with Gasteiger partial charge in [0.15, 0.2) is 11.9 Å². The maximum Gasteiger partial charge on any atom is 0.332 e. The summed E-state index contributed by atoms with van der Waals surface area (Å²) in [7, 11) is 0. The molecule has 0 rings (SSSR count). The molecular formula is C43H80O10. The Morgan fingerprint density at radius 3 is 1.36 bits per heavy atom. The summed E-state index contributed by atoms with van der Waals surface area (Å²) in [5, 5.41) is 9.86. The van der Waals surface area contributed by atoms with Crippen LogP contribution >= 0.6 is 0 Å². The molecule has 0 saturated heterocycles. The summed E-state index contributed by atoms with van der Waals surface area (Å²) in [5.41, 5.74) is -2.07. The van der Waals surface area contributed by atoms with Gasteiger partial charge < -0.3 is 28.8 Å². The fraction of sp³-hybridized carbons (Fsp3) is 0.907. The molecule has 0 aliphatic rings. The van der Waals surface area contributed by atoms with E-state index in [-0.39, 0.29) is 51.0 Å². The third-order valence-electron chi connectivity index (χ3n) is 9.43. The quantitative estimate of drug-likeness (QED) is 0.0368. The number of aliphatic hydroxyl groups is 1. The molecule has 0 aromatic carbocycles. The maximum absolute atomic E-state index is 12.7. The summed E-state index contributed by atoms with van der Waals surface area (Å²) >= 11 is 0. The normalized spacial score (nSPS) is 12.4. The Labute approximate surface area is 323 Å². The van der Waals surface area contributed by atoms with Gasteiger partial charge in [0.2, 0.25) is 0 Å². The molecule has 0 aromatic heterocycles. The third-order valence-corrected chi connectivity index (χ3v) is 9.43. The van der Waals surface area contributed by atoms with Gasteiger partial charge >= 0.3 is 17.9 Å². The van der Waals surface area contributed by atoms with Gasteiger partial charge in [0, 0.05) is 12.8 Å². The van der Waals surface area contributed by atoms with E-state index in [0.29, 0.717) is 12.8 Å². The molecule has 0 aliphatic heterocycles. The summed E-state index contributed by atoms with van der Waals surface area (Å²) < 4.78 is 27.2. The van der Waals surface area contributed by atoms with Crippen LogP contribution in [0, 0.1) is 0 Å². The highest BCUT2D eigenvalue weighted by Gasteiger charge is 2.29. The summed E-state index contributed by atoms with van der Waals surface area (Å²) in [5.74, 6) is -1.89. The van der Waals surface area contributed by atoms with Gasteiger partial charge in [-0.05, 0) is 47.0 Å². The zero-order valence-electron chi connectivity index (χ0n) is 34.9. The first kappa shape index (κ1) is 51.0. The Morgan fingerprint density at radius 2 is 0.925 bits per heavy atom. The molecule has 0 aromatic rings. The number of rotatable bonds is 38. The number of carbonyl (C=O) groups excluding carboxylic acids is 4. The lowest BCUT2D eigenvalue weighted by Crippen LogP contribution is -2.39. The number of esters is 3. The average Bonchev–Trinajstić information content (AvgIpc) is 3.09. The molecule has 0 spiro atoms. The highest BCUT2D eigenvalue weighted by atomic mass is 16.6. The highest BCUT2D eigenvalue weighted by Crippen LogP contribution is 2.16. The van der Waals surface area contributed by atoms with Crippen molar-refractivity contribution < 1.29 is 48.0 Å². The van der Waals surface area contributed by atoms with Crippen LogP contribution in [0.15, 0.2) is 0 Å². The van der Waals surface area contributed by atoms with Crippen LogP contribution in [0.1, 0.15) is 202 Å². The predicted octanol–water partition coefficient (Wildman–Crippen LogP) is 9.93. The van der Waals surface area contributed by atoms with Crippen LogP contribution in [0.2, 0.25) is 0 Å². The smallest absolute Gasteiger partial charge is 0.332 e. The first-order chi connectivity index (χ1) is 25.3. The Bertz CT molecular complexity index is 927. The van der Waals surface area contributed by atoms with Crippen LogP contribution in [0.5, 0.6) is 0 Å². The summed E-state index contributed by atoms with van der Waals surface area (Å²) in [6.45, 7) is 9.84. The largest absolute Gasteiger partial charge is 0.462 e. The molecular weight excluding hydrogens is 676 g/mol. The van der Waals surface area contributed by atoms with Gasteiger partial charge in [0.25, 0.3) is 0 Å². The van der Waals surface area contributed by atoms with Gasteiger partial charge in [-0.2, -0.15) is 0 Å². The van der Waals surface area contributed by atoms with Crippen LogP contribution in [0.4, 0.5) is 0 Å². The lowest BCUT2D eigenvalue weighted by molar-refractivity contribution is -0.169. The van der Waals surface area contributed by atoms with Gasteiger partial charge in [0.1, 0.15) is 32.0 Å². The van der Waals surface area contributed by atoms with Crippen molar-refractivity contribution in [2.75, 3.05) is 33.0 Å². The zero-order chi connectivity index (χ0) is 39.6. The molecule has 0 fully saturated rings. The van der Waals surface area contributed by atoms with Crippen molar-refractivity contribution in [2.45, 2.75) is 219 Å². The topological polar surface area (TPSA) is 135 Å². The highest BCUT2D eigenvalue weighted by molar-refractivity contribution is 5.87. The van der Waals surface area contributed by atoms with Crippen molar-refractivity contribution in [1.82, 2.24) is 0 Å². The van der Waals surface area contributed by atoms with E-state index in [2.05, 4.69) is 13.8 Å². The summed E-state index contributed by atoms with van der Waals surface area (Å²) in [6.07, 6.45) is 25.9. The standard InChI is InChI=1S/C43H80O10/c1-7-9-11-13-15-17-19-21-23-25-27-29-39(45)50-33-37(53-40(46)30-28-26-24-22-20-18-16-14-12-10-8-2)34-51-41(47)36-49-35-38(44)43(5,6)52-32-31-42(3,4)48/h37,48H,7-36H2,1-6H3. The molecule has 10 heteroatoms. The van der Waals surface area contributed by atoms with E-state index in [4.69, 9.17) is 23.7 Å². The number of hydrogen-bond acceptors (Lipinski definition) is 10. The fourth-order valence-electron chi connectivity index (χ4n) is 5.75. The Kier molecular flexibility index (Phi) is 32.0. The Hall–Kier alpha value is -2.04. The van der Waals surface area contributed by atoms with Gasteiger partial charge in [0.05, 0.1) is 12.2 Å². The minimum absolute atomic E-state index is 0.188. The van der Waals surface area contributed by atoms with Crippen molar-refractivity contribution in [2.24, 2.45) is 0 Å². The van der Waals surface area contributed by atoms with E-state index in [0.717, 1.165) is 38.5 Å². The van der Waals surface area contributed by atoms with Gasteiger partial charge in [-0.25, -0.2) is 4.79 Å². The predicted molar refractivity (Wildman–Crippen MR) is 211 cm³/mol. The van der Waals surface area contributed by atoms with Gasteiger partial charge in [-0.3, -0.25) is 14.4 Å². The van der Waals surface area contributed by atoms with E-state index in [1.165, 1.54) is 96.3 Å². The Balaban J connectivity index is 4.62. The minimum Gasteiger partial charge on any atom is -0.462 e. The molecule has 0 radical (unpaired) electrons. The molecule has 0 saturated carbocycles. The molecule has 1 atom stereocenters. The molecule has 0 aliphatic carbocycles. The lowest BCUT2D eigenvalue weighted by Gasteiger charge is -2.26. The minimum atomic E-state index is -1.15. The van der Waals surface area contributed by atoms with E-state index < -0.39 is 35.9 Å². The SMILES string of the molecule is CCCCCCCCCCCCCC(=O)OCC(COC(=O)COCC(=O)C(C)(C)OCCC(C)(C)O)OC(=O)CCCCCCCCCCCCC. The molecule has 312 valence electrons. The van der Waals surface area contributed by atoms with Crippen molar-refractivity contribution >= 4 is 23.7 Å². The Morgan fingerprint density at radius 1 is 0.528 bits per heavy atom. The van der Waals surface area contributed by atoms with Crippen LogP contribution in [-0.2, 0) is 42.9 Å². The number of ether oxygens (including phenoxy) is 5. The first-order valence-corrected chi connectivity index (χ1v) is 21.3. The second-order valence-corrected chi connectivity index (χ2v) is 15.9. The van der Waals surface area contributed by atoms with Crippen LogP contribution in [0.25, 0.3) is 0 Å². The molecule has 1 unspecified atom stereocenters. The van der Waals surface area contributed by atoms with E-state index in [1.54, 1.807) is 27.7 Å². The zero-order valence-corrected chi connectivity index (χ0v) is 34.9. The van der Waals surface area contributed by atoms with Crippen molar-refractivity contribution in [3.63, 3.8) is 0 Å². The van der Waals surface area contributed by atoms with Crippen molar-refractivity contribution in [3.05, 3.63) is 0 Å². The number of Topliss-reactive ketones (excluding diaryl/α,β-unsaturated/α-hetero) is 1. The number of carbonyl (C=O) groups is 4. The summed E-state index contributed by atoms with van der Waals surface area (Å²) in [4.78, 5) is 50.2. The first-order valence-electron chi connectivity index (χ1n) is 21.3. The second kappa shape index (κ2) is 33.3. The second-order valence-electron chi connectivity index (χ2n) is 15.9. The van der Waals surface area contributed by atoms with Crippen molar-refractivity contribution in [1.29, 1.82) is 0 Å². The number of hydrogen-bond donors (Lipinski definition) is 1. The lowest BCUT2D eigenvalue weighted by atomic mass is 10.0. The number of ketones is 1. The van der Waals surface area contributed by atoms with Gasteiger partial charge in [-0.15, -0.1) is 0 Å². The maximum atomic E-state index is 12.7. The van der Waals surface area contributed by atoms with Crippen LogP contribution in [0.3, 0.4) is 0 Å². The molecule has 10 nitrogen and oxygen atoms in total. The summed E-state index contributed by atoms with van der Waals surface area (Å²) in [6, 6.07) is 0. The number of unbranched alkanes of at least 4 members (excludes halogenated alkanes) is 20. The molecule has 0 amide bonds. The van der Waals surface area contributed by atoms with Crippen LogP contribution in [-0.4, -0.2) is 79.1 Å². The molecule has 1 N–H and O–H groups in total. The third kappa shape index (κ3) is 34.2. The fourth-order valence-corrected chi connectivity index (χ4v) is 5.75. The monoisotopic (exact) mass is 757 g/mol. The van der Waals surface area contributed by atoms with Crippen molar-refractivity contribution in [3.8, 4) is 0 Å². The molecule has 0 bridgehead atoms.